The van der Waals surface area contributed by atoms with E-state index >= 15 is 0 Å². The first-order chi connectivity index (χ1) is 10.3. The van der Waals surface area contributed by atoms with Gasteiger partial charge in [0.2, 0.25) is 5.95 Å². The zero-order valence-corrected chi connectivity index (χ0v) is 12.1. The van der Waals surface area contributed by atoms with Crippen LogP contribution < -0.4 is 10.2 Å². The van der Waals surface area contributed by atoms with Crippen molar-refractivity contribution in [3.05, 3.63) is 36.0 Å². The van der Waals surface area contributed by atoms with Gasteiger partial charge in [0.25, 0.3) is 0 Å². The van der Waals surface area contributed by atoms with Crippen molar-refractivity contribution < 1.29 is 4.74 Å². The molecule has 0 aliphatic carbocycles. The molecule has 0 amide bonds. The van der Waals surface area contributed by atoms with Crippen molar-refractivity contribution in [2.45, 2.75) is 13.3 Å². The van der Waals surface area contributed by atoms with Crippen LogP contribution in [0.3, 0.4) is 0 Å². The zero-order chi connectivity index (χ0) is 14.5. The van der Waals surface area contributed by atoms with Gasteiger partial charge in [-0.3, -0.25) is 0 Å². The third-order valence-corrected chi connectivity index (χ3v) is 3.48. The predicted octanol–water partition coefficient (Wildman–Crippen LogP) is 2.01. The van der Waals surface area contributed by atoms with Crippen molar-refractivity contribution in [3.8, 4) is 0 Å². The van der Waals surface area contributed by atoms with Gasteiger partial charge in [-0.2, -0.15) is 10.1 Å². The third kappa shape index (κ3) is 3.46. The fourth-order valence-electron chi connectivity index (χ4n) is 2.22. The summed E-state index contributed by atoms with van der Waals surface area (Å²) in [7, 11) is 0. The molecule has 1 fully saturated rings. The molecule has 1 aromatic carbocycles. The molecular formula is C15H19N5O. The number of benzene rings is 1. The maximum Gasteiger partial charge on any atom is 0.247 e. The largest absolute Gasteiger partial charge is 0.378 e. The smallest absolute Gasteiger partial charge is 0.247 e. The van der Waals surface area contributed by atoms with Crippen molar-refractivity contribution in [1.29, 1.82) is 0 Å². The summed E-state index contributed by atoms with van der Waals surface area (Å²) in [4.78, 5) is 6.61. The number of hydrogen-bond acceptors (Lipinski definition) is 6. The Morgan fingerprint density at radius 1 is 1.19 bits per heavy atom. The number of anilines is 3. The van der Waals surface area contributed by atoms with Crippen LogP contribution in [-0.4, -0.2) is 41.5 Å². The Morgan fingerprint density at radius 2 is 1.95 bits per heavy atom. The lowest BCUT2D eigenvalue weighted by molar-refractivity contribution is 0.122. The molecule has 21 heavy (non-hydrogen) atoms. The topological polar surface area (TPSA) is 63.2 Å². The van der Waals surface area contributed by atoms with Crippen LogP contribution in [0.25, 0.3) is 0 Å². The fraction of sp³-hybridized carbons (Fsp3) is 0.400. The third-order valence-electron chi connectivity index (χ3n) is 3.48. The second-order valence-electron chi connectivity index (χ2n) is 4.92. The number of ether oxygens (including phenoxy) is 1. The number of aromatic nitrogens is 3. The highest BCUT2D eigenvalue weighted by atomic mass is 16.5. The number of nitrogens with zero attached hydrogens (tertiary/aromatic N) is 4. The maximum absolute atomic E-state index is 5.34. The lowest BCUT2D eigenvalue weighted by atomic mass is 10.1. The minimum Gasteiger partial charge on any atom is -0.378 e. The molecule has 1 aromatic heterocycles. The molecule has 6 nitrogen and oxygen atoms in total. The predicted molar refractivity (Wildman–Crippen MR) is 82.0 cm³/mol. The van der Waals surface area contributed by atoms with Crippen LogP contribution in [0.1, 0.15) is 12.5 Å². The van der Waals surface area contributed by atoms with Crippen LogP contribution in [0.4, 0.5) is 17.5 Å². The monoisotopic (exact) mass is 285 g/mol. The van der Waals surface area contributed by atoms with Crippen molar-refractivity contribution in [2.24, 2.45) is 0 Å². The van der Waals surface area contributed by atoms with Crippen LogP contribution >= 0.6 is 0 Å². The molecule has 0 unspecified atom stereocenters. The van der Waals surface area contributed by atoms with Crippen molar-refractivity contribution in [1.82, 2.24) is 15.2 Å². The molecule has 2 heterocycles. The Bertz CT molecular complexity index is 581. The molecule has 0 bridgehead atoms. The van der Waals surface area contributed by atoms with Gasteiger partial charge in [-0.15, -0.1) is 5.10 Å². The summed E-state index contributed by atoms with van der Waals surface area (Å²) in [5.74, 6) is 1.35. The Hall–Kier alpha value is -2.21. The highest BCUT2D eigenvalue weighted by Crippen LogP contribution is 2.17. The van der Waals surface area contributed by atoms with E-state index in [2.05, 4.69) is 56.6 Å². The lowest BCUT2D eigenvalue weighted by Gasteiger charge is -2.26. The van der Waals surface area contributed by atoms with E-state index in [-0.39, 0.29) is 0 Å². The second-order valence-corrected chi connectivity index (χ2v) is 4.92. The molecule has 2 aromatic rings. The minimum absolute atomic E-state index is 0.647. The first kappa shape index (κ1) is 13.8. The van der Waals surface area contributed by atoms with Gasteiger partial charge >= 0.3 is 0 Å². The van der Waals surface area contributed by atoms with Crippen LogP contribution in [0, 0.1) is 0 Å². The van der Waals surface area contributed by atoms with E-state index in [4.69, 9.17) is 4.74 Å². The molecule has 0 spiro atoms. The SMILES string of the molecule is CCc1ccc(Nc2cnnc(N3CCOCC3)n2)cc1. The quantitative estimate of drug-likeness (QED) is 0.927. The molecule has 110 valence electrons. The fourth-order valence-corrected chi connectivity index (χ4v) is 2.22. The van der Waals surface area contributed by atoms with E-state index in [0.29, 0.717) is 25.0 Å². The summed E-state index contributed by atoms with van der Waals surface area (Å²) < 4.78 is 5.34. The second kappa shape index (κ2) is 6.49. The van der Waals surface area contributed by atoms with Crippen LogP contribution in [-0.2, 0) is 11.2 Å². The number of rotatable bonds is 4. The molecule has 1 saturated heterocycles. The number of nitrogens with one attached hydrogen (secondary N) is 1. The van der Waals surface area contributed by atoms with E-state index in [0.717, 1.165) is 25.2 Å². The average Bonchev–Trinajstić information content (AvgIpc) is 2.57. The highest BCUT2D eigenvalue weighted by molar-refractivity contribution is 5.56. The Kier molecular flexibility index (Phi) is 4.25. The zero-order valence-electron chi connectivity index (χ0n) is 12.1. The van der Waals surface area contributed by atoms with E-state index in [1.165, 1.54) is 5.56 Å². The van der Waals surface area contributed by atoms with Crippen LogP contribution in [0.5, 0.6) is 0 Å². The molecular weight excluding hydrogens is 266 g/mol. The molecule has 1 aliphatic rings. The lowest BCUT2D eigenvalue weighted by Crippen LogP contribution is -2.37. The van der Waals surface area contributed by atoms with Gasteiger partial charge in [0.05, 0.1) is 19.4 Å². The van der Waals surface area contributed by atoms with Gasteiger partial charge in [-0.05, 0) is 24.1 Å². The number of hydrogen-bond donors (Lipinski definition) is 1. The number of morpholine rings is 1. The van der Waals surface area contributed by atoms with Gasteiger partial charge in [0.15, 0.2) is 5.82 Å². The Balaban J connectivity index is 1.72. The van der Waals surface area contributed by atoms with E-state index in [1.807, 2.05) is 0 Å². The van der Waals surface area contributed by atoms with E-state index in [1.54, 1.807) is 6.20 Å². The van der Waals surface area contributed by atoms with Gasteiger partial charge in [-0.1, -0.05) is 19.1 Å². The minimum atomic E-state index is 0.647. The van der Waals surface area contributed by atoms with Crippen LogP contribution in [0.15, 0.2) is 30.5 Å². The maximum atomic E-state index is 5.34. The summed E-state index contributed by atoms with van der Waals surface area (Å²) in [6.45, 7) is 5.16. The average molecular weight is 285 g/mol. The first-order valence-corrected chi connectivity index (χ1v) is 7.23. The van der Waals surface area contributed by atoms with E-state index in [9.17, 15) is 0 Å². The van der Waals surface area contributed by atoms with Crippen molar-refractivity contribution >= 4 is 17.5 Å². The molecule has 6 heteroatoms. The Labute approximate surface area is 124 Å². The van der Waals surface area contributed by atoms with E-state index < -0.39 is 0 Å². The molecule has 1 aliphatic heterocycles. The highest BCUT2D eigenvalue weighted by Gasteiger charge is 2.14. The molecule has 1 N–H and O–H groups in total. The summed E-state index contributed by atoms with van der Waals surface area (Å²) in [6.07, 6.45) is 2.67. The van der Waals surface area contributed by atoms with Gasteiger partial charge < -0.3 is 15.0 Å². The molecule has 0 saturated carbocycles. The van der Waals surface area contributed by atoms with Gasteiger partial charge in [-0.25, -0.2) is 0 Å². The normalized spacial score (nSPS) is 15.0. The summed E-state index contributed by atoms with van der Waals surface area (Å²) >= 11 is 0. The summed E-state index contributed by atoms with van der Waals surface area (Å²) in [5, 5.41) is 11.4. The Morgan fingerprint density at radius 3 is 2.67 bits per heavy atom. The first-order valence-electron chi connectivity index (χ1n) is 7.23. The molecule has 0 atom stereocenters. The van der Waals surface area contributed by atoms with Crippen molar-refractivity contribution in [3.63, 3.8) is 0 Å². The van der Waals surface area contributed by atoms with Crippen LogP contribution in [0.2, 0.25) is 0 Å². The van der Waals surface area contributed by atoms with Gasteiger partial charge in [0, 0.05) is 18.8 Å². The molecule has 0 radical (unpaired) electrons. The molecule has 3 rings (SSSR count). The standard InChI is InChI=1S/C15H19N5O/c1-2-12-3-5-13(6-4-12)17-14-11-16-19-15(18-14)20-7-9-21-10-8-20/h3-6,11H,2,7-10H2,1H3,(H,17,18,19). The van der Waals surface area contributed by atoms with Crippen molar-refractivity contribution in [2.75, 3.05) is 36.5 Å². The summed E-state index contributed by atoms with van der Waals surface area (Å²) in [6, 6.07) is 8.32. The van der Waals surface area contributed by atoms with Gasteiger partial charge in [0.1, 0.15) is 0 Å². The summed E-state index contributed by atoms with van der Waals surface area (Å²) in [5.41, 5.74) is 2.32. The number of aryl methyl sites for hydroxylation is 1.